The van der Waals surface area contributed by atoms with Crippen LogP contribution in [0.25, 0.3) is 0 Å². The van der Waals surface area contributed by atoms with Crippen LogP contribution in [0, 0.1) is 5.92 Å². The monoisotopic (exact) mass is 404 g/mol. The molecule has 3 rings (SSSR count). The molecule has 0 saturated carbocycles. The molecular weight excluding hydrogens is 383 g/mol. The summed E-state index contributed by atoms with van der Waals surface area (Å²) in [4.78, 5) is 14.5. The van der Waals surface area contributed by atoms with Crippen LogP contribution in [0.15, 0.2) is 18.2 Å². The van der Waals surface area contributed by atoms with Gasteiger partial charge < -0.3 is 4.90 Å². The minimum Gasteiger partial charge on any atom is -0.342 e. The molecule has 1 aromatic carbocycles. The van der Waals surface area contributed by atoms with Crippen LogP contribution in [-0.2, 0) is 20.6 Å². The fraction of sp³-hybridized carbons (Fsp3) is 0.588. The predicted octanol–water partition coefficient (Wildman–Crippen LogP) is 3.16. The quantitative estimate of drug-likeness (QED) is 0.773. The first-order chi connectivity index (χ1) is 11.9. The topological polar surface area (TPSA) is 57.7 Å². The van der Waals surface area contributed by atoms with Gasteiger partial charge in [0, 0.05) is 36.2 Å². The normalized spacial score (nSPS) is 22.3. The first-order valence-electron chi connectivity index (χ1n) is 8.57. The Hall–Kier alpha value is -0.820. The summed E-state index contributed by atoms with van der Waals surface area (Å²) in [7, 11) is -3.53. The molecule has 1 amide bonds. The van der Waals surface area contributed by atoms with E-state index in [1.807, 2.05) is 4.90 Å². The van der Waals surface area contributed by atoms with Gasteiger partial charge in [-0.3, -0.25) is 4.79 Å². The molecule has 8 heteroatoms. The average Bonchev–Trinajstić information content (AvgIpc) is 3.11. The van der Waals surface area contributed by atoms with Crippen molar-refractivity contribution in [2.75, 3.05) is 26.2 Å². The van der Waals surface area contributed by atoms with Gasteiger partial charge in [-0.1, -0.05) is 29.3 Å². The van der Waals surface area contributed by atoms with Crippen molar-refractivity contribution in [1.82, 2.24) is 9.21 Å². The average molecular weight is 405 g/mol. The molecule has 138 valence electrons. The van der Waals surface area contributed by atoms with Gasteiger partial charge in [0.05, 0.1) is 11.7 Å². The van der Waals surface area contributed by atoms with Crippen molar-refractivity contribution in [3.63, 3.8) is 0 Å². The maximum Gasteiger partial charge on any atom is 0.227 e. The zero-order valence-electron chi connectivity index (χ0n) is 14.0. The molecule has 2 aliphatic heterocycles. The Morgan fingerprint density at radius 3 is 2.52 bits per heavy atom. The van der Waals surface area contributed by atoms with Crippen molar-refractivity contribution in [2.45, 2.75) is 31.4 Å². The third-order valence-corrected chi connectivity index (χ3v) is 7.28. The number of nitrogens with zero attached hydrogens (tertiary/aromatic N) is 2. The third kappa shape index (κ3) is 4.48. The Balaban J connectivity index is 1.69. The van der Waals surface area contributed by atoms with Crippen molar-refractivity contribution >= 4 is 39.1 Å². The van der Waals surface area contributed by atoms with Gasteiger partial charge in [-0.05, 0) is 43.4 Å². The third-order valence-electron chi connectivity index (χ3n) is 4.90. The van der Waals surface area contributed by atoms with Crippen molar-refractivity contribution in [3.8, 4) is 0 Å². The van der Waals surface area contributed by atoms with E-state index < -0.39 is 10.0 Å². The van der Waals surface area contributed by atoms with E-state index in [4.69, 9.17) is 23.2 Å². The smallest absolute Gasteiger partial charge is 0.227 e. The number of benzene rings is 1. The van der Waals surface area contributed by atoms with E-state index in [-0.39, 0.29) is 24.1 Å². The zero-order chi connectivity index (χ0) is 18.0. The lowest BCUT2D eigenvalue weighted by Crippen LogP contribution is -2.46. The number of piperidine rings is 1. The highest BCUT2D eigenvalue weighted by Gasteiger charge is 2.35. The van der Waals surface area contributed by atoms with Crippen LogP contribution >= 0.6 is 23.2 Å². The Morgan fingerprint density at radius 1 is 1.12 bits per heavy atom. The summed E-state index contributed by atoms with van der Waals surface area (Å²) in [5, 5.41) is 0.818. The lowest BCUT2D eigenvalue weighted by molar-refractivity contribution is -0.135. The second-order valence-electron chi connectivity index (χ2n) is 6.72. The molecule has 0 unspecified atom stereocenters. The number of carbonyl (C=O) groups excluding carboxylic acids is 1. The highest BCUT2D eigenvalue weighted by molar-refractivity contribution is 7.88. The van der Waals surface area contributed by atoms with E-state index in [0.29, 0.717) is 28.6 Å². The second kappa shape index (κ2) is 7.82. The fourth-order valence-electron chi connectivity index (χ4n) is 3.52. The molecule has 0 spiro atoms. The summed E-state index contributed by atoms with van der Waals surface area (Å²) in [5.41, 5.74) is 0.527. The van der Waals surface area contributed by atoms with Crippen molar-refractivity contribution in [2.24, 2.45) is 5.92 Å². The van der Waals surface area contributed by atoms with Crippen LogP contribution in [0.3, 0.4) is 0 Å². The molecule has 5 nitrogen and oxygen atoms in total. The highest BCUT2D eigenvalue weighted by atomic mass is 35.5. The van der Waals surface area contributed by atoms with Gasteiger partial charge in [-0.2, -0.15) is 0 Å². The Kier molecular flexibility index (Phi) is 5.93. The van der Waals surface area contributed by atoms with Crippen LogP contribution in [0.5, 0.6) is 0 Å². The highest BCUT2D eigenvalue weighted by Crippen LogP contribution is 2.27. The van der Waals surface area contributed by atoms with E-state index >= 15 is 0 Å². The van der Waals surface area contributed by atoms with Crippen LogP contribution in [0.1, 0.15) is 31.2 Å². The number of likely N-dealkylation sites (tertiary alicyclic amines) is 1. The van der Waals surface area contributed by atoms with Gasteiger partial charge in [0.1, 0.15) is 0 Å². The van der Waals surface area contributed by atoms with Gasteiger partial charge in [-0.15, -0.1) is 0 Å². The Bertz CT molecular complexity index is 748. The lowest BCUT2D eigenvalue weighted by atomic mass is 9.98. The summed E-state index contributed by atoms with van der Waals surface area (Å²) >= 11 is 12.0. The maximum atomic E-state index is 12.8. The molecule has 2 fully saturated rings. The van der Waals surface area contributed by atoms with Gasteiger partial charge in [0.15, 0.2) is 0 Å². The van der Waals surface area contributed by atoms with Gasteiger partial charge in [0.25, 0.3) is 0 Å². The van der Waals surface area contributed by atoms with Crippen molar-refractivity contribution in [3.05, 3.63) is 33.8 Å². The van der Waals surface area contributed by atoms with Crippen LogP contribution < -0.4 is 0 Å². The second-order valence-corrected chi connectivity index (χ2v) is 9.53. The van der Waals surface area contributed by atoms with Crippen LogP contribution in [-0.4, -0.2) is 49.7 Å². The minimum atomic E-state index is -3.53. The molecule has 2 heterocycles. The van der Waals surface area contributed by atoms with E-state index in [2.05, 4.69) is 0 Å². The first kappa shape index (κ1) is 19.0. The molecule has 2 aliphatic rings. The van der Waals surface area contributed by atoms with Crippen molar-refractivity contribution < 1.29 is 13.2 Å². The van der Waals surface area contributed by atoms with Crippen LogP contribution in [0.2, 0.25) is 10.0 Å². The van der Waals surface area contributed by atoms with Gasteiger partial charge in [0.2, 0.25) is 15.9 Å². The minimum absolute atomic E-state index is 0.0990. The lowest BCUT2D eigenvalue weighted by Gasteiger charge is -2.33. The predicted molar refractivity (Wildman–Crippen MR) is 99.2 cm³/mol. The molecule has 0 N–H and O–H groups in total. The number of hydrogen-bond donors (Lipinski definition) is 0. The summed E-state index contributed by atoms with van der Waals surface area (Å²) < 4.78 is 27.0. The number of halogens is 2. The summed E-state index contributed by atoms with van der Waals surface area (Å²) in [5.74, 6) is -0.308. The van der Waals surface area contributed by atoms with E-state index in [9.17, 15) is 13.2 Å². The standard InChI is InChI=1S/C17H22Cl2N2O3S/c18-15-6-5-14(16(19)10-15)12-25(23,24)21-9-3-4-13(11-21)17(22)20-7-1-2-8-20/h5-6,10,13H,1-4,7-9,11-12H2/t13-/m1/s1. The van der Waals surface area contributed by atoms with Crippen molar-refractivity contribution in [1.29, 1.82) is 0 Å². The number of rotatable bonds is 4. The summed E-state index contributed by atoms with van der Waals surface area (Å²) in [6, 6.07) is 4.82. The Labute approximate surface area is 158 Å². The zero-order valence-corrected chi connectivity index (χ0v) is 16.3. The molecule has 1 atom stereocenters. The molecule has 25 heavy (non-hydrogen) atoms. The largest absolute Gasteiger partial charge is 0.342 e. The number of sulfonamides is 1. The maximum absolute atomic E-state index is 12.8. The molecule has 0 radical (unpaired) electrons. The summed E-state index contributed by atoms with van der Waals surface area (Å²) in [6.07, 6.45) is 3.53. The molecule has 0 bridgehead atoms. The number of hydrogen-bond acceptors (Lipinski definition) is 3. The molecule has 0 aromatic heterocycles. The van der Waals surface area contributed by atoms with Crippen LogP contribution in [0.4, 0.5) is 0 Å². The SMILES string of the molecule is O=C([C@@H]1CCCN(S(=O)(=O)Cc2ccc(Cl)cc2Cl)C1)N1CCCC1. The molecule has 2 saturated heterocycles. The summed E-state index contributed by atoms with van der Waals surface area (Å²) in [6.45, 7) is 2.31. The van der Waals surface area contributed by atoms with E-state index in [1.165, 1.54) is 4.31 Å². The first-order valence-corrected chi connectivity index (χ1v) is 10.9. The molecular formula is C17H22Cl2N2O3S. The van der Waals surface area contributed by atoms with Gasteiger partial charge in [-0.25, -0.2) is 12.7 Å². The molecule has 1 aromatic rings. The fourth-order valence-corrected chi connectivity index (χ4v) is 5.72. The van der Waals surface area contributed by atoms with Gasteiger partial charge >= 0.3 is 0 Å². The number of carbonyl (C=O) groups is 1. The molecule has 0 aliphatic carbocycles. The van der Waals surface area contributed by atoms with E-state index in [0.717, 1.165) is 32.4 Å². The Morgan fingerprint density at radius 2 is 1.84 bits per heavy atom. The van der Waals surface area contributed by atoms with E-state index in [1.54, 1.807) is 18.2 Å². The number of amides is 1.